The van der Waals surface area contributed by atoms with E-state index in [4.69, 9.17) is 4.74 Å². The third kappa shape index (κ3) is 3.47. The van der Waals surface area contributed by atoms with E-state index >= 15 is 0 Å². The number of methoxy groups -OCH3 is 1. The predicted molar refractivity (Wildman–Crippen MR) is 102 cm³/mol. The lowest BCUT2D eigenvalue weighted by Gasteiger charge is -2.43. The number of aryl methyl sites for hydroxylation is 1. The molecule has 0 aromatic heterocycles. The van der Waals surface area contributed by atoms with Crippen molar-refractivity contribution in [2.24, 2.45) is 0 Å². The first-order chi connectivity index (χ1) is 12.9. The Hall–Kier alpha value is -1.95. The summed E-state index contributed by atoms with van der Waals surface area (Å²) in [7, 11) is 1.26. The Morgan fingerprint density at radius 1 is 1.19 bits per heavy atom. The van der Waals surface area contributed by atoms with Gasteiger partial charge in [0.1, 0.15) is 5.82 Å². The molecule has 1 aliphatic heterocycles. The van der Waals surface area contributed by atoms with Gasteiger partial charge in [-0.15, -0.1) is 0 Å². The number of benzene rings is 1. The van der Waals surface area contributed by atoms with E-state index in [2.05, 4.69) is 12.2 Å². The van der Waals surface area contributed by atoms with Gasteiger partial charge in [-0.25, -0.2) is 9.18 Å². The molecule has 0 atom stereocenters. The van der Waals surface area contributed by atoms with Crippen LogP contribution in [0, 0.1) is 12.7 Å². The molecule has 1 amide bonds. The van der Waals surface area contributed by atoms with E-state index in [9.17, 15) is 14.0 Å². The van der Waals surface area contributed by atoms with Crippen molar-refractivity contribution in [2.75, 3.05) is 32.1 Å². The first-order valence-corrected chi connectivity index (χ1v) is 9.95. The molecule has 0 bridgehead atoms. The molecular formula is C21H30FN2O3+. The average Bonchev–Trinajstić information content (AvgIpc) is 3.47. The van der Waals surface area contributed by atoms with Crippen LogP contribution in [-0.2, 0) is 9.53 Å². The summed E-state index contributed by atoms with van der Waals surface area (Å²) in [5.41, 5.74) is 0.535. The SMILES string of the molecule is CC[N+]1(C2(C(=O)Nc3c(C)cc(F)cc3C(=O)OC)CC2)CCCCCC1. The maximum atomic E-state index is 13.8. The molecule has 1 saturated carbocycles. The fraction of sp³-hybridized carbons (Fsp3) is 0.619. The highest BCUT2D eigenvalue weighted by molar-refractivity contribution is 6.05. The molecule has 5 nitrogen and oxygen atoms in total. The van der Waals surface area contributed by atoms with Gasteiger partial charge < -0.3 is 14.5 Å². The largest absolute Gasteiger partial charge is 0.465 e. The number of likely N-dealkylation sites (N-methyl/N-ethyl adjacent to an activating group) is 1. The number of esters is 1. The molecule has 1 aliphatic carbocycles. The Balaban J connectivity index is 1.92. The minimum absolute atomic E-state index is 0.0499. The van der Waals surface area contributed by atoms with Gasteiger partial charge in [0, 0.05) is 12.8 Å². The van der Waals surface area contributed by atoms with Crippen LogP contribution >= 0.6 is 0 Å². The predicted octanol–water partition coefficient (Wildman–Crippen LogP) is 3.80. The van der Waals surface area contributed by atoms with Crippen molar-refractivity contribution in [1.29, 1.82) is 0 Å². The van der Waals surface area contributed by atoms with Crippen molar-refractivity contribution in [2.45, 2.75) is 57.9 Å². The number of hydrogen-bond donors (Lipinski definition) is 1. The lowest BCUT2D eigenvalue weighted by atomic mass is 10.0. The third-order valence-electron chi connectivity index (χ3n) is 6.53. The minimum atomic E-state index is -0.646. The van der Waals surface area contributed by atoms with E-state index in [1.807, 2.05) is 0 Å². The van der Waals surface area contributed by atoms with E-state index < -0.39 is 17.3 Å². The minimum Gasteiger partial charge on any atom is -0.465 e. The number of nitrogens with zero attached hydrogens (tertiary/aromatic N) is 1. The zero-order valence-corrected chi connectivity index (χ0v) is 16.6. The summed E-state index contributed by atoms with van der Waals surface area (Å²) < 4.78 is 19.4. The second kappa shape index (κ2) is 7.58. The first kappa shape index (κ1) is 19.8. The maximum Gasteiger partial charge on any atom is 0.340 e. The zero-order valence-electron chi connectivity index (χ0n) is 16.6. The molecule has 2 aliphatic rings. The van der Waals surface area contributed by atoms with Crippen LogP contribution in [0.3, 0.4) is 0 Å². The Labute approximate surface area is 160 Å². The molecule has 6 heteroatoms. The van der Waals surface area contributed by atoms with Crippen molar-refractivity contribution in [3.8, 4) is 0 Å². The number of rotatable bonds is 5. The van der Waals surface area contributed by atoms with E-state index in [0.717, 1.165) is 55.9 Å². The fourth-order valence-electron chi connectivity index (χ4n) is 4.79. The van der Waals surface area contributed by atoms with Crippen LogP contribution < -0.4 is 5.32 Å². The summed E-state index contributed by atoms with van der Waals surface area (Å²) in [5.74, 6) is -1.21. The Morgan fingerprint density at radius 3 is 2.33 bits per heavy atom. The lowest BCUT2D eigenvalue weighted by molar-refractivity contribution is -0.950. The molecule has 0 unspecified atom stereocenters. The second-order valence-electron chi connectivity index (χ2n) is 7.95. The summed E-state index contributed by atoms with van der Waals surface area (Å²) in [5, 5.41) is 2.98. The van der Waals surface area contributed by atoms with E-state index in [-0.39, 0.29) is 11.5 Å². The number of nitrogens with one attached hydrogen (secondary N) is 1. The Morgan fingerprint density at radius 2 is 1.81 bits per heavy atom. The highest BCUT2D eigenvalue weighted by Crippen LogP contribution is 2.49. The van der Waals surface area contributed by atoms with Crippen LogP contribution in [0.5, 0.6) is 0 Å². The first-order valence-electron chi connectivity index (χ1n) is 9.95. The molecule has 0 spiro atoms. The molecule has 1 saturated heterocycles. The van der Waals surface area contributed by atoms with Gasteiger partial charge in [-0.05, 0) is 57.2 Å². The van der Waals surface area contributed by atoms with Gasteiger partial charge in [-0.1, -0.05) is 0 Å². The van der Waals surface area contributed by atoms with Crippen molar-refractivity contribution in [1.82, 2.24) is 0 Å². The summed E-state index contributed by atoms with van der Waals surface area (Å²) in [6.07, 6.45) is 6.46. The topological polar surface area (TPSA) is 55.4 Å². The molecular weight excluding hydrogens is 347 g/mol. The number of likely N-dealkylation sites (tertiary alicyclic amines) is 1. The van der Waals surface area contributed by atoms with Crippen LogP contribution in [0.15, 0.2) is 12.1 Å². The van der Waals surface area contributed by atoms with Crippen LogP contribution in [0.2, 0.25) is 0 Å². The molecule has 3 rings (SSSR count). The second-order valence-corrected chi connectivity index (χ2v) is 7.95. The van der Waals surface area contributed by atoms with Crippen molar-refractivity contribution in [3.63, 3.8) is 0 Å². The Kier molecular flexibility index (Phi) is 5.56. The van der Waals surface area contributed by atoms with Crippen LogP contribution in [0.1, 0.15) is 61.4 Å². The quantitative estimate of drug-likeness (QED) is 0.627. The van der Waals surface area contributed by atoms with Gasteiger partial charge in [0.25, 0.3) is 5.91 Å². The zero-order chi connectivity index (χ0) is 19.7. The summed E-state index contributed by atoms with van der Waals surface area (Å²) in [6, 6.07) is 2.46. The molecule has 1 aromatic rings. The van der Waals surface area contributed by atoms with Gasteiger partial charge in [0.2, 0.25) is 0 Å². The number of quaternary nitrogens is 1. The number of halogens is 1. The van der Waals surface area contributed by atoms with E-state index in [1.54, 1.807) is 6.92 Å². The third-order valence-corrected chi connectivity index (χ3v) is 6.53. The van der Waals surface area contributed by atoms with E-state index in [0.29, 0.717) is 11.3 Å². The summed E-state index contributed by atoms with van der Waals surface area (Å²) in [6.45, 7) is 6.84. The number of amides is 1. The monoisotopic (exact) mass is 377 g/mol. The van der Waals surface area contributed by atoms with E-state index in [1.165, 1.54) is 26.0 Å². The number of anilines is 1. The highest BCUT2D eigenvalue weighted by Gasteiger charge is 2.64. The van der Waals surface area contributed by atoms with Gasteiger partial charge in [-0.2, -0.15) is 0 Å². The molecule has 0 radical (unpaired) electrons. The van der Waals surface area contributed by atoms with Crippen molar-refractivity contribution < 1.29 is 23.2 Å². The van der Waals surface area contributed by atoms with Crippen LogP contribution in [0.25, 0.3) is 0 Å². The molecule has 27 heavy (non-hydrogen) atoms. The number of hydrogen-bond acceptors (Lipinski definition) is 3. The highest BCUT2D eigenvalue weighted by atomic mass is 19.1. The standard InChI is InChI=1S/C21H29FN2O3/c1-4-24(11-7-5-6-8-12-24)21(9-10-21)20(26)23-18-15(2)13-16(22)14-17(18)19(25)27-3/h13-14H,4-12H2,1-3H3/p+1. The fourth-order valence-corrected chi connectivity index (χ4v) is 4.79. The number of carbonyl (C=O) groups excluding carboxylic acids is 2. The molecule has 1 N–H and O–H groups in total. The van der Waals surface area contributed by atoms with Gasteiger partial charge >= 0.3 is 5.97 Å². The van der Waals surface area contributed by atoms with Gasteiger partial charge in [0.05, 0.1) is 38.0 Å². The van der Waals surface area contributed by atoms with Crippen LogP contribution in [0.4, 0.5) is 10.1 Å². The molecule has 1 heterocycles. The maximum absolute atomic E-state index is 13.8. The lowest BCUT2D eigenvalue weighted by Crippen LogP contribution is -2.62. The average molecular weight is 377 g/mol. The summed E-state index contributed by atoms with van der Waals surface area (Å²) >= 11 is 0. The van der Waals surface area contributed by atoms with Gasteiger partial charge in [-0.3, -0.25) is 4.79 Å². The number of carbonyl (C=O) groups is 2. The smallest absolute Gasteiger partial charge is 0.340 e. The van der Waals surface area contributed by atoms with Crippen molar-refractivity contribution in [3.05, 3.63) is 29.1 Å². The van der Waals surface area contributed by atoms with Crippen LogP contribution in [-0.4, -0.2) is 48.6 Å². The van der Waals surface area contributed by atoms with Gasteiger partial charge in [0.15, 0.2) is 5.54 Å². The normalized spacial score (nSPS) is 20.4. The summed E-state index contributed by atoms with van der Waals surface area (Å²) in [4.78, 5) is 25.5. The molecule has 2 fully saturated rings. The molecule has 148 valence electrons. The van der Waals surface area contributed by atoms with Crippen molar-refractivity contribution >= 4 is 17.6 Å². The Bertz CT molecular complexity index is 735. The molecule has 1 aromatic carbocycles. The number of ether oxygens (including phenoxy) is 1.